The molecule has 0 aliphatic rings. The molecule has 0 fully saturated rings. The summed E-state index contributed by atoms with van der Waals surface area (Å²) in [5, 5.41) is 5.52. The van der Waals surface area contributed by atoms with Gasteiger partial charge in [-0.05, 0) is 49.4 Å². The van der Waals surface area contributed by atoms with Crippen LogP contribution in [0.5, 0.6) is 0 Å². The zero-order chi connectivity index (χ0) is 11.1. The summed E-state index contributed by atoms with van der Waals surface area (Å²) in [6.07, 6.45) is 5.40. The Balaban J connectivity index is 1.49. The Morgan fingerprint density at radius 2 is 2.19 bits per heavy atom. The van der Waals surface area contributed by atoms with Gasteiger partial charge in [-0.25, -0.2) is 0 Å². The van der Waals surface area contributed by atoms with E-state index in [1.54, 1.807) is 6.26 Å². The number of nitrogens with one attached hydrogen (secondary N) is 1. The van der Waals surface area contributed by atoms with Crippen molar-refractivity contribution in [1.82, 2.24) is 5.32 Å². The molecule has 86 valence electrons. The number of aryl methyl sites for hydroxylation is 1. The summed E-state index contributed by atoms with van der Waals surface area (Å²) in [7, 11) is 0. The summed E-state index contributed by atoms with van der Waals surface area (Å²) >= 11 is 1.85. The largest absolute Gasteiger partial charge is 0.468 e. The minimum atomic E-state index is 0.839. The zero-order valence-corrected chi connectivity index (χ0v) is 10.1. The molecule has 2 heterocycles. The Hall–Kier alpha value is -1.06. The fourth-order valence-electron chi connectivity index (χ4n) is 1.63. The topological polar surface area (TPSA) is 25.2 Å². The fraction of sp³-hybridized carbons (Fsp3) is 0.385. The monoisotopic (exact) mass is 235 g/mol. The van der Waals surface area contributed by atoms with Crippen molar-refractivity contribution >= 4 is 11.3 Å². The van der Waals surface area contributed by atoms with Crippen LogP contribution >= 0.6 is 11.3 Å². The molecule has 0 radical (unpaired) electrons. The minimum Gasteiger partial charge on any atom is -0.468 e. The Kier molecular flexibility index (Phi) is 4.65. The molecule has 2 aromatic heterocycles. The molecular weight excluding hydrogens is 218 g/mol. The average molecular weight is 235 g/mol. The second-order valence-electron chi connectivity index (χ2n) is 3.79. The van der Waals surface area contributed by atoms with Gasteiger partial charge in [0.25, 0.3) is 0 Å². The first-order valence-electron chi connectivity index (χ1n) is 5.70. The molecular formula is C13H17NOS. The highest BCUT2D eigenvalue weighted by Gasteiger charge is 1.96. The summed E-state index contributed by atoms with van der Waals surface area (Å²) in [5.41, 5.74) is 0. The number of hydrogen-bond acceptors (Lipinski definition) is 3. The lowest BCUT2D eigenvalue weighted by atomic mass is 10.2. The van der Waals surface area contributed by atoms with Gasteiger partial charge in [0.05, 0.1) is 12.8 Å². The van der Waals surface area contributed by atoms with E-state index in [0.29, 0.717) is 0 Å². The van der Waals surface area contributed by atoms with E-state index in [1.807, 2.05) is 23.5 Å². The third-order valence-electron chi connectivity index (χ3n) is 2.49. The van der Waals surface area contributed by atoms with E-state index in [1.165, 1.54) is 24.1 Å². The molecule has 0 atom stereocenters. The predicted octanol–water partition coefficient (Wildman–Crippen LogP) is 3.45. The molecule has 0 amide bonds. The normalized spacial score (nSPS) is 10.8. The van der Waals surface area contributed by atoms with Crippen LogP contribution in [0.2, 0.25) is 0 Å². The molecule has 0 unspecified atom stereocenters. The van der Waals surface area contributed by atoms with Crippen molar-refractivity contribution in [3.05, 3.63) is 46.5 Å². The van der Waals surface area contributed by atoms with Crippen molar-refractivity contribution in [3.63, 3.8) is 0 Å². The summed E-state index contributed by atoms with van der Waals surface area (Å²) < 4.78 is 5.24. The van der Waals surface area contributed by atoms with Crippen molar-refractivity contribution in [2.75, 3.05) is 6.54 Å². The van der Waals surface area contributed by atoms with Crippen LogP contribution in [0.4, 0.5) is 0 Å². The van der Waals surface area contributed by atoms with Gasteiger partial charge in [0.1, 0.15) is 5.76 Å². The molecule has 0 spiro atoms. The second-order valence-corrected chi connectivity index (χ2v) is 4.82. The van der Waals surface area contributed by atoms with Crippen molar-refractivity contribution in [2.24, 2.45) is 0 Å². The highest BCUT2D eigenvalue weighted by Crippen LogP contribution is 2.11. The first-order chi connectivity index (χ1) is 7.95. The van der Waals surface area contributed by atoms with Gasteiger partial charge in [-0.1, -0.05) is 6.07 Å². The van der Waals surface area contributed by atoms with Crippen molar-refractivity contribution in [3.8, 4) is 0 Å². The Morgan fingerprint density at radius 1 is 1.19 bits per heavy atom. The van der Waals surface area contributed by atoms with Crippen LogP contribution in [0.3, 0.4) is 0 Å². The van der Waals surface area contributed by atoms with Crippen LogP contribution in [0.25, 0.3) is 0 Å². The molecule has 16 heavy (non-hydrogen) atoms. The number of unbranched alkanes of at least 4 members (excludes halogenated alkanes) is 1. The highest BCUT2D eigenvalue weighted by atomic mass is 32.1. The van der Waals surface area contributed by atoms with Crippen molar-refractivity contribution in [1.29, 1.82) is 0 Å². The molecule has 0 aromatic carbocycles. The maximum atomic E-state index is 5.24. The quantitative estimate of drug-likeness (QED) is 0.744. The number of thiophene rings is 1. The van der Waals surface area contributed by atoms with Gasteiger partial charge in [-0.3, -0.25) is 0 Å². The van der Waals surface area contributed by atoms with E-state index in [0.717, 1.165) is 18.8 Å². The fourth-order valence-corrected chi connectivity index (χ4v) is 2.38. The van der Waals surface area contributed by atoms with Gasteiger partial charge in [-0.2, -0.15) is 0 Å². The van der Waals surface area contributed by atoms with Gasteiger partial charge in [0.15, 0.2) is 0 Å². The number of rotatable bonds is 7. The molecule has 0 aliphatic carbocycles. The van der Waals surface area contributed by atoms with Gasteiger partial charge < -0.3 is 9.73 Å². The first kappa shape index (κ1) is 11.4. The average Bonchev–Trinajstić information content (AvgIpc) is 2.96. The third kappa shape index (κ3) is 3.83. The number of hydrogen-bond donors (Lipinski definition) is 1. The first-order valence-corrected chi connectivity index (χ1v) is 6.58. The Labute approximate surface area is 100 Å². The molecule has 0 aliphatic heterocycles. The molecule has 1 N–H and O–H groups in total. The van der Waals surface area contributed by atoms with E-state index in [2.05, 4.69) is 22.8 Å². The molecule has 2 aromatic rings. The second kappa shape index (κ2) is 6.51. The predicted molar refractivity (Wildman–Crippen MR) is 67.7 cm³/mol. The van der Waals surface area contributed by atoms with E-state index in [4.69, 9.17) is 4.42 Å². The molecule has 0 bridgehead atoms. The minimum absolute atomic E-state index is 0.839. The van der Waals surface area contributed by atoms with Crippen LogP contribution in [0.1, 0.15) is 23.5 Å². The summed E-state index contributed by atoms with van der Waals surface area (Å²) in [4.78, 5) is 1.49. The molecule has 2 nitrogen and oxygen atoms in total. The highest BCUT2D eigenvalue weighted by molar-refractivity contribution is 7.09. The van der Waals surface area contributed by atoms with Crippen LogP contribution in [0.15, 0.2) is 40.3 Å². The van der Waals surface area contributed by atoms with Crippen molar-refractivity contribution in [2.45, 2.75) is 25.8 Å². The summed E-state index contributed by atoms with van der Waals surface area (Å²) in [6, 6.07) is 8.25. The third-order valence-corrected chi connectivity index (χ3v) is 3.42. The molecule has 0 saturated heterocycles. The lowest BCUT2D eigenvalue weighted by Crippen LogP contribution is -2.14. The lowest BCUT2D eigenvalue weighted by molar-refractivity contribution is 0.479. The molecule has 3 heteroatoms. The van der Waals surface area contributed by atoms with Crippen LogP contribution in [0, 0.1) is 0 Å². The van der Waals surface area contributed by atoms with Gasteiger partial charge in [0, 0.05) is 4.88 Å². The maximum Gasteiger partial charge on any atom is 0.117 e. The Bertz CT molecular complexity index is 328. The van der Waals surface area contributed by atoms with E-state index >= 15 is 0 Å². The van der Waals surface area contributed by atoms with Gasteiger partial charge in [-0.15, -0.1) is 11.3 Å². The SMILES string of the molecule is c1coc(CNCCCCc2cccs2)c1. The molecule has 0 saturated carbocycles. The maximum absolute atomic E-state index is 5.24. The van der Waals surface area contributed by atoms with Crippen molar-refractivity contribution < 1.29 is 4.42 Å². The number of furan rings is 1. The Morgan fingerprint density at radius 3 is 2.94 bits per heavy atom. The molecule has 2 rings (SSSR count). The van der Waals surface area contributed by atoms with Crippen LogP contribution in [-0.4, -0.2) is 6.54 Å². The van der Waals surface area contributed by atoms with E-state index in [-0.39, 0.29) is 0 Å². The zero-order valence-electron chi connectivity index (χ0n) is 9.32. The van der Waals surface area contributed by atoms with Gasteiger partial charge >= 0.3 is 0 Å². The standard InChI is InChI=1S/C13H17NOS/c1(6-13-7-4-10-16-13)2-8-14-11-12-5-3-9-15-12/h3-5,7,9-10,14H,1-2,6,8,11H2. The van der Waals surface area contributed by atoms with Crippen LogP contribution < -0.4 is 5.32 Å². The van der Waals surface area contributed by atoms with E-state index in [9.17, 15) is 0 Å². The van der Waals surface area contributed by atoms with Crippen LogP contribution in [-0.2, 0) is 13.0 Å². The van der Waals surface area contributed by atoms with Gasteiger partial charge in [0.2, 0.25) is 0 Å². The lowest BCUT2D eigenvalue weighted by Gasteiger charge is -2.02. The summed E-state index contributed by atoms with van der Waals surface area (Å²) in [6.45, 7) is 1.90. The van der Waals surface area contributed by atoms with E-state index < -0.39 is 0 Å². The smallest absolute Gasteiger partial charge is 0.117 e. The summed E-state index contributed by atoms with van der Waals surface area (Å²) in [5.74, 6) is 1.01.